The molecule has 0 aliphatic heterocycles. The molecule has 56 heavy (non-hydrogen) atoms. The van der Waals surface area contributed by atoms with E-state index in [0.717, 1.165) is 49.7 Å². The van der Waals surface area contributed by atoms with E-state index in [0.29, 0.717) is 23.2 Å². The molecule has 0 radical (unpaired) electrons. The molecule has 6 heteroatoms. The molecular formula is C50H28N6. The van der Waals surface area contributed by atoms with Crippen LogP contribution >= 0.6 is 0 Å². The normalized spacial score (nSPS) is 11.9. The van der Waals surface area contributed by atoms with E-state index in [9.17, 15) is 5.26 Å². The largest absolute Gasteiger partial charge is 0.308 e. The van der Waals surface area contributed by atoms with Crippen LogP contribution in [0, 0.1) is 11.3 Å². The van der Waals surface area contributed by atoms with Gasteiger partial charge in [0.05, 0.1) is 39.4 Å². The van der Waals surface area contributed by atoms with E-state index >= 15 is 0 Å². The van der Waals surface area contributed by atoms with Crippen molar-refractivity contribution < 1.29 is 0 Å². The van der Waals surface area contributed by atoms with Crippen LogP contribution in [0.2, 0.25) is 0 Å². The Kier molecular flexibility index (Phi) is 6.31. The highest BCUT2D eigenvalue weighted by atomic mass is 15.2. The third-order valence-corrected chi connectivity index (χ3v) is 11.3. The quantitative estimate of drug-likeness (QED) is 0.182. The number of fused-ring (bicyclic) bond motifs is 6. The van der Waals surface area contributed by atoms with Gasteiger partial charge in [-0.3, -0.25) is 4.57 Å². The lowest BCUT2D eigenvalue weighted by molar-refractivity contribution is 0.951. The minimum absolute atomic E-state index is 0.480. The van der Waals surface area contributed by atoms with Crippen LogP contribution in [0.3, 0.4) is 0 Å². The highest BCUT2D eigenvalue weighted by Crippen LogP contribution is 2.50. The molecule has 0 N–H and O–H groups in total. The van der Waals surface area contributed by atoms with Gasteiger partial charge in [0.15, 0.2) is 11.6 Å². The first kappa shape index (κ1) is 30.6. The molecule has 11 aromatic rings. The smallest absolute Gasteiger partial charge is 0.238 e. The van der Waals surface area contributed by atoms with E-state index in [2.05, 4.69) is 124 Å². The lowest BCUT2D eigenvalue weighted by Crippen LogP contribution is -2.08. The maximum atomic E-state index is 10.3. The van der Waals surface area contributed by atoms with Crippen molar-refractivity contribution >= 4 is 54.4 Å². The fourth-order valence-corrected chi connectivity index (χ4v) is 9.01. The summed E-state index contributed by atoms with van der Waals surface area (Å²) in [5, 5.41) is 17.4. The lowest BCUT2D eigenvalue weighted by Gasteiger charge is -2.17. The Bertz CT molecular complexity index is 3440. The molecule has 0 bridgehead atoms. The second-order valence-electron chi connectivity index (χ2n) is 14.3. The van der Waals surface area contributed by atoms with Crippen molar-refractivity contribution in [2.24, 2.45) is 0 Å². The van der Waals surface area contributed by atoms with Gasteiger partial charge in [0.1, 0.15) is 0 Å². The zero-order valence-electron chi connectivity index (χ0n) is 29.8. The van der Waals surface area contributed by atoms with Crippen molar-refractivity contribution in [3.63, 3.8) is 0 Å². The van der Waals surface area contributed by atoms with Gasteiger partial charge in [-0.1, -0.05) is 127 Å². The Hall–Kier alpha value is -7.88. The predicted octanol–water partition coefficient (Wildman–Crippen LogP) is 12.1. The molecule has 0 fully saturated rings. The van der Waals surface area contributed by atoms with E-state index < -0.39 is 0 Å². The van der Waals surface area contributed by atoms with E-state index in [-0.39, 0.29) is 0 Å². The molecule has 0 atom stereocenters. The Morgan fingerprint density at radius 3 is 1.77 bits per heavy atom. The van der Waals surface area contributed by atoms with E-state index in [1.165, 1.54) is 43.8 Å². The van der Waals surface area contributed by atoms with Gasteiger partial charge < -0.3 is 4.57 Å². The number of benzene rings is 8. The molecule has 0 saturated heterocycles. The highest BCUT2D eigenvalue weighted by molar-refractivity contribution is 6.30. The summed E-state index contributed by atoms with van der Waals surface area (Å²) in [5.41, 5.74) is 12.0. The van der Waals surface area contributed by atoms with Crippen LogP contribution < -0.4 is 0 Å². The maximum Gasteiger partial charge on any atom is 0.238 e. The molecule has 6 nitrogen and oxygen atoms in total. The Morgan fingerprint density at radius 1 is 0.411 bits per heavy atom. The zero-order valence-corrected chi connectivity index (χ0v) is 29.8. The number of rotatable bonds is 4. The average molecular weight is 713 g/mol. The van der Waals surface area contributed by atoms with Gasteiger partial charge in [-0.2, -0.15) is 15.2 Å². The molecule has 1 aliphatic rings. The fourth-order valence-electron chi connectivity index (χ4n) is 9.01. The van der Waals surface area contributed by atoms with Gasteiger partial charge in [-0.05, 0) is 75.5 Å². The molecule has 0 saturated carbocycles. The number of hydrogen-bond donors (Lipinski definition) is 0. The predicted molar refractivity (Wildman–Crippen MR) is 226 cm³/mol. The first-order valence-corrected chi connectivity index (χ1v) is 18.7. The van der Waals surface area contributed by atoms with Crippen molar-refractivity contribution in [1.82, 2.24) is 24.1 Å². The van der Waals surface area contributed by atoms with Gasteiger partial charge >= 0.3 is 0 Å². The van der Waals surface area contributed by atoms with Crippen LogP contribution in [-0.2, 0) is 0 Å². The third kappa shape index (κ3) is 4.22. The molecule has 8 aromatic carbocycles. The Morgan fingerprint density at radius 2 is 1.02 bits per heavy atom. The van der Waals surface area contributed by atoms with Crippen LogP contribution in [0.1, 0.15) is 5.56 Å². The first-order valence-electron chi connectivity index (χ1n) is 18.7. The van der Waals surface area contributed by atoms with Gasteiger partial charge in [-0.25, -0.2) is 4.98 Å². The lowest BCUT2D eigenvalue weighted by atomic mass is 9.93. The monoisotopic (exact) mass is 712 g/mol. The number of nitrogens with zero attached hydrogens (tertiary/aromatic N) is 6. The van der Waals surface area contributed by atoms with Crippen LogP contribution in [0.25, 0.3) is 111 Å². The van der Waals surface area contributed by atoms with Crippen molar-refractivity contribution in [1.29, 1.82) is 5.26 Å². The molecule has 12 rings (SSSR count). The van der Waals surface area contributed by atoms with Gasteiger partial charge in [0.2, 0.25) is 5.95 Å². The average Bonchev–Trinajstić information content (AvgIpc) is 3.75. The zero-order chi connectivity index (χ0) is 36.9. The van der Waals surface area contributed by atoms with E-state index in [1.807, 2.05) is 60.7 Å². The summed E-state index contributed by atoms with van der Waals surface area (Å²) in [6.45, 7) is 0. The summed E-state index contributed by atoms with van der Waals surface area (Å²) in [7, 11) is 0. The topological polar surface area (TPSA) is 72.3 Å². The minimum atomic E-state index is 0.480. The summed E-state index contributed by atoms with van der Waals surface area (Å²) < 4.78 is 4.46. The second kappa shape index (κ2) is 11.6. The van der Waals surface area contributed by atoms with Gasteiger partial charge in [0.25, 0.3) is 0 Å². The van der Waals surface area contributed by atoms with Crippen molar-refractivity contribution in [3.05, 3.63) is 175 Å². The highest BCUT2D eigenvalue weighted by Gasteiger charge is 2.26. The van der Waals surface area contributed by atoms with Crippen molar-refractivity contribution in [3.8, 4) is 62.7 Å². The van der Waals surface area contributed by atoms with Crippen molar-refractivity contribution in [2.75, 3.05) is 0 Å². The van der Waals surface area contributed by atoms with E-state index in [1.54, 1.807) is 0 Å². The molecule has 0 spiro atoms. The number of para-hydroxylation sites is 2. The minimum Gasteiger partial charge on any atom is -0.308 e. The molecule has 0 unspecified atom stereocenters. The maximum absolute atomic E-state index is 10.3. The van der Waals surface area contributed by atoms with Crippen LogP contribution in [0.15, 0.2) is 170 Å². The number of hydrogen-bond acceptors (Lipinski definition) is 4. The number of nitriles is 1. The number of aromatic nitrogens is 5. The van der Waals surface area contributed by atoms with Crippen molar-refractivity contribution in [2.45, 2.75) is 0 Å². The summed E-state index contributed by atoms with van der Waals surface area (Å²) in [4.78, 5) is 15.7. The molecule has 3 aromatic heterocycles. The Balaban J connectivity index is 1.20. The van der Waals surface area contributed by atoms with Gasteiger partial charge in [0, 0.05) is 32.7 Å². The van der Waals surface area contributed by atoms with Crippen LogP contribution in [0.5, 0.6) is 0 Å². The molecule has 258 valence electrons. The second-order valence-corrected chi connectivity index (χ2v) is 14.3. The third-order valence-electron chi connectivity index (χ3n) is 11.3. The summed E-state index contributed by atoms with van der Waals surface area (Å²) in [6, 6.07) is 61.4. The first-order chi connectivity index (χ1) is 27.7. The van der Waals surface area contributed by atoms with Crippen LogP contribution in [0.4, 0.5) is 0 Å². The Labute approximate surface area is 320 Å². The molecule has 0 amide bonds. The SMILES string of the molecule is N#Cc1ccc(-n2c3cccc4c3c3c5c(cccc5ccc32)-c2ccccc2-4)c(-c2nc(-c3ccccc3)nc(-n3c4ccccc4c4ccccc43)n2)c1. The summed E-state index contributed by atoms with van der Waals surface area (Å²) in [6.07, 6.45) is 0. The summed E-state index contributed by atoms with van der Waals surface area (Å²) in [5.74, 6) is 1.53. The standard InChI is InChI=1S/C50H28N6/c51-29-30-24-26-42(55-43-23-11-20-38-34-16-5-4-15-33(34)37-19-10-14-31-25-27-44(55)47(45(31)37)46(38)43)39(28-30)49-52-48(32-12-2-1-3-13-32)53-50(54-49)56-40-21-8-6-17-35(40)36-18-7-9-22-41(36)56/h1-28H. The molecule has 3 heterocycles. The summed E-state index contributed by atoms with van der Waals surface area (Å²) >= 11 is 0. The fraction of sp³-hybridized carbons (Fsp3) is 0. The van der Waals surface area contributed by atoms with Crippen LogP contribution in [-0.4, -0.2) is 24.1 Å². The molecular weight excluding hydrogens is 685 g/mol. The van der Waals surface area contributed by atoms with Gasteiger partial charge in [-0.15, -0.1) is 0 Å². The van der Waals surface area contributed by atoms with E-state index in [4.69, 9.17) is 15.0 Å². The molecule has 1 aliphatic carbocycles.